The predicted molar refractivity (Wildman–Crippen MR) is 126 cm³/mol. The maximum absolute atomic E-state index is 4.72. The second kappa shape index (κ2) is 11.7. The second-order valence-electron chi connectivity index (χ2n) is 6.95. The molecule has 0 aliphatic carbocycles. The molecular weight excluding hydrogens is 485 g/mol. The van der Waals surface area contributed by atoms with Crippen LogP contribution in [0.25, 0.3) is 0 Å². The van der Waals surface area contributed by atoms with E-state index in [0.29, 0.717) is 18.5 Å². The molecule has 0 radical (unpaired) electrons. The zero-order valence-electron chi connectivity index (χ0n) is 17.0. The lowest BCUT2D eigenvalue weighted by atomic mass is 9.88. The molecule has 0 saturated carbocycles. The number of guanidine groups is 1. The number of aromatic nitrogens is 3. The van der Waals surface area contributed by atoms with Crippen molar-refractivity contribution in [3.63, 3.8) is 0 Å². The molecule has 1 aliphatic heterocycles. The lowest BCUT2D eigenvalue weighted by Crippen LogP contribution is -2.44. The van der Waals surface area contributed by atoms with Gasteiger partial charge in [-0.1, -0.05) is 6.07 Å². The number of nitrogens with zero attached hydrogens (tertiary/aromatic N) is 5. The number of aryl methyl sites for hydroxylation is 1. The van der Waals surface area contributed by atoms with E-state index in [-0.39, 0.29) is 24.0 Å². The van der Waals surface area contributed by atoms with Gasteiger partial charge in [-0.3, -0.25) is 4.90 Å². The van der Waals surface area contributed by atoms with Gasteiger partial charge in [0.25, 0.3) is 0 Å². The Morgan fingerprint density at radius 2 is 2.21 bits per heavy atom. The number of piperidine rings is 1. The monoisotopic (exact) mass is 517 g/mol. The molecule has 7 nitrogen and oxygen atoms in total. The number of thiophene rings is 1. The number of rotatable bonds is 7. The van der Waals surface area contributed by atoms with Gasteiger partial charge in [0.1, 0.15) is 12.9 Å². The zero-order valence-corrected chi connectivity index (χ0v) is 20.1. The second-order valence-corrected chi connectivity index (χ2v) is 7.93. The van der Waals surface area contributed by atoms with E-state index in [1.807, 2.05) is 15.9 Å². The molecule has 0 bridgehead atoms. The van der Waals surface area contributed by atoms with Crippen molar-refractivity contribution in [1.82, 2.24) is 30.3 Å². The Morgan fingerprint density at radius 3 is 2.93 bits per heavy atom. The van der Waals surface area contributed by atoms with Crippen LogP contribution >= 0.6 is 35.3 Å². The highest BCUT2D eigenvalue weighted by Crippen LogP contribution is 2.36. The van der Waals surface area contributed by atoms with Gasteiger partial charge in [-0.25, -0.2) is 4.99 Å². The average Bonchev–Trinajstić information content (AvgIpc) is 3.35. The third kappa shape index (κ3) is 5.90. The van der Waals surface area contributed by atoms with E-state index in [0.717, 1.165) is 31.4 Å². The molecule has 0 spiro atoms. The molecule has 1 aliphatic rings. The summed E-state index contributed by atoms with van der Waals surface area (Å²) in [6, 6.07) is 4.90. The molecule has 0 aromatic carbocycles. The third-order valence-electron chi connectivity index (χ3n) is 5.13. The van der Waals surface area contributed by atoms with Gasteiger partial charge in [-0.2, -0.15) is 0 Å². The molecule has 28 heavy (non-hydrogen) atoms. The van der Waals surface area contributed by atoms with Gasteiger partial charge in [0.15, 0.2) is 11.8 Å². The summed E-state index contributed by atoms with van der Waals surface area (Å²) < 4.78 is 2.02. The zero-order chi connectivity index (χ0) is 19.1. The Labute approximate surface area is 189 Å². The van der Waals surface area contributed by atoms with Gasteiger partial charge in [-0.05, 0) is 57.6 Å². The van der Waals surface area contributed by atoms with Crippen molar-refractivity contribution in [3.05, 3.63) is 34.5 Å². The van der Waals surface area contributed by atoms with Crippen LogP contribution in [0.1, 0.15) is 43.4 Å². The molecule has 156 valence electrons. The van der Waals surface area contributed by atoms with Gasteiger partial charge in [0.05, 0.1) is 0 Å². The van der Waals surface area contributed by atoms with E-state index >= 15 is 0 Å². The molecule has 0 amide bonds. The third-order valence-corrected chi connectivity index (χ3v) is 6.08. The fraction of sp³-hybridized carbons (Fsp3) is 0.632. The van der Waals surface area contributed by atoms with Crippen molar-refractivity contribution in [3.8, 4) is 0 Å². The van der Waals surface area contributed by atoms with Crippen molar-refractivity contribution in [1.29, 1.82) is 0 Å². The molecular formula is C19H32IN7S. The van der Waals surface area contributed by atoms with E-state index in [4.69, 9.17) is 4.99 Å². The van der Waals surface area contributed by atoms with E-state index < -0.39 is 0 Å². The van der Waals surface area contributed by atoms with Gasteiger partial charge in [0.2, 0.25) is 0 Å². The SMILES string of the molecule is CCNC(=NCc1nncn1CC)NCC1CCCN(C)C1c1cccs1.I. The van der Waals surface area contributed by atoms with E-state index in [1.165, 1.54) is 24.3 Å². The van der Waals surface area contributed by atoms with Crippen LogP contribution in [0.15, 0.2) is 28.8 Å². The quantitative estimate of drug-likeness (QED) is 0.336. The van der Waals surface area contributed by atoms with Crippen LogP contribution in [0.4, 0.5) is 0 Å². The van der Waals surface area contributed by atoms with E-state index in [2.05, 4.69) is 64.1 Å². The summed E-state index contributed by atoms with van der Waals surface area (Å²) in [5, 5.41) is 17.2. The maximum atomic E-state index is 4.72. The molecule has 3 rings (SSSR count). The number of aliphatic imine (C=N–C) groups is 1. The molecule has 2 aromatic rings. The summed E-state index contributed by atoms with van der Waals surface area (Å²) >= 11 is 1.86. The normalized spacial score (nSPS) is 20.6. The number of hydrogen-bond donors (Lipinski definition) is 2. The topological polar surface area (TPSA) is 70.4 Å². The van der Waals surface area contributed by atoms with Gasteiger partial charge in [-0.15, -0.1) is 45.5 Å². The smallest absolute Gasteiger partial charge is 0.191 e. The lowest BCUT2D eigenvalue weighted by molar-refractivity contribution is 0.125. The molecule has 1 saturated heterocycles. The first-order chi connectivity index (χ1) is 13.2. The van der Waals surface area contributed by atoms with E-state index in [9.17, 15) is 0 Å². The molecule has 3 heterocycles. The molecule has 2 unspecified atom stereocenters. The first-order valence-electron chi connectivity index (χ1n) is 9.85. The van der Waals surface area contributed by atoms with Crippen molar-refractivity contribution in [2.45, 2.75) is 45.8 Å². The van der Waals surface area contributed by atoms with Gasteiger partial charge >= 0.3 is 0 Å². The van der Waals surface area contributed by atoms with Crippen LogP contribution in [0.5, 0.6) is 0 Å². The largest absolute Gasteiger partial charge is 0.357 e. The lowest BCUT2D eigenvalue weighted by Gasteiger charge is -2.39. The molecule has 2 N–H and O–H groups in total. The van der Waals surface area contributed by atoms with Crippen molar-refractivity contribution >= 4 is 41.3 Å². The Morgan fingerprint density at radius 1 is 1.36 bits per heavy atom. The summed E-state index contributed by atoms with van der Waals surface area (Å²) in [5.74, 6) is 2.32. The highest BCUT2D eigenvalue weighted by atomic mass is 127. The number of halogens is 1. The van der Waals surface area contributed by atoms with Gasteiger partial charge in [0, 0.05) is 30.6 Å². The first-order valence-corrected chi connectivity index (χ1v) is 10.7. The van der Waals surface area contributed by atoms with Crippen LogP contribution in [0.2, 0.25) is 0 Å². The van der Waals surface area contributed by atoms with Crippen molar-refractivity contribution < 1.29 is 0 Å². The Balaban J connectivity index is 0.00000280. The minimum atomic E-state index is 0. The molecule has 9 heteroatoms. The van der Waals surface area contributed by atoms with Crippen LogP contribution < -0.4 is 10.6 Å². The predicted octanol–water partition coefficient (Wildman–Crippen LogP) is 3.12. The van der Waals surface area contributed by atoms with E-state index in [1.54, 1.807) is 6.33 Å². The Bertz CT molecular complexity index is 716. The summed E-state index contributed by atoms with van der Waals surface area (Å²) in [5.41, 5.74) is 0. The van der Waals surface area contributed by atoms with Gasteiger partial charge < -0.3 is 15.2 Å². The summed E-state index contributed by atoms with van der Waals surface area (Å²) in [4.78, 5) is 8.67. The van der Waals surface area contributed by atoms with Crippen molar-refractivity contribution in [2.24, 2.45) is 10.9 Å². The fourth-order valence-electron chi connectivity index (χ4n) is 3.77. The van der Waals surface area contributed by atoms with Crippen LogP contribution in [0.3, 0.4) is 0 Å². The fourth-order valence-corrected chi connectivity index (χ4v) is 4.75. The number of nitrogens with one attached hydrogen (secondary N) is 2. The molecule has 2 atom stereocenters. The minimum Gasteiger partial charge on any atom is -0.357 e. The van der Waals surface area contributed by atoms with Crippen LogP contribution in [-0.2, 0) is 13.1 Å². The summed E-state index contributed by atoms with van der Waals surface area (Å²) in [6.45, 7) is 8.49. The minimum absolute atomic E-state index is 0. The number of hydrogen-bond acceptors (Lipinski definition) is 5. The molecule has 1 fully saturated rings. The Hall–Kier alpha value is -1.20. The first kappa shape index (κ1) is 23.1. The maximum Gasteiger partial charge on any atom is 0.191 e. The number of likely N-dealkylation sites (tertiary alicyclic amines) is 1. The summed E-state index contributed by atoms with van der Waals surface area (Å²) in [7, 11) is 2.24. The Kier molecular flexibility index (Phi) is 9.66. The van der Waals surface area contributed by atoms with Crippen LogP contribution in [0, 0.1) is 5.92 Å². The van der Waals surface area contributed by atoms with Crippen LogP contribution in [-0.4, -0.2) is 52.3 Å². The highest BCUT2D eigenvalue weighted by Gasteiger charge is 2.31. The van der Waals surface area contributed by atoms with Crippen molar-refractivity contribution in [2.75, 3.05) is 26.7 Å². The summed E-state index contributed by atoms with van der Waals surface area (Å²) in [6.07, 6.45) is 4.25. The molecule has 2 aromatic heterocycles. The standard InChI is InChI=1S/C19H31N7S.HI/c1-4-20-19(22-13-17-24-23-14-26(17)5-2)21-12-15-8-6-10-25(3)18(15)16-9-7-11-27-16;/h7,9,11,14-15,18H,4-6,8,10,12-13H2,1-3H3,(H2,20,21,22);1H. The average molecular weight is 517 g/mol. The highest BCUT2D eigenvalue weighted by molar-refractivity contribution is 14.0.